The first kappa shape index (κ1) is 22.1. The predicted octanol–water partition coefficient (Wildman–Crippen LogP) is 5.03. The highest BCUT2D eigenvalue weighted by Crippen LogP contribution is 2.45. The van der Waals surface area contributed by atoms with Gasteiger partial charge in [0.05, 0.1) is 22.9 Å². The van der Waals surface area contributed by atoms with Crippen molar-refractivity contribution in [2.75, 3.05) is 20.3 Å². The molecule has 0 bridgehead atoms. The number of benzene rings is 2. The SMILES string of the molecule is COCCCOc1cc2c(cc1Cl)-c1cc(=O)c(C(C)=O)cn1C(c1ccccc1C)O2. The Hall–Kier alpha value is -3.09. The van der Waals surface area contributed by atoms with Crippen LogP contribution < -0.4 is 14.9 Å². The van der Waals surface area contributed by atoms with E-state index in [1.807, 2.05) is 35.8 Å². The third kappa shape index (κ3) is 4.16. The van der Waals surface area contributed by atoms with Crippen molar-refractivity contribution in [2.24, 2.45) is 0 Å². The summed E-state index contributed by atoms with van der Waals surface area (Å²) in [5.41, 5.74) is 3.02. The Morgan fingerprint density at radius 3 is 2.69 bits per heavy atom. The highest BCUT2D eigenvalue weighted by molar-refractivity contribution is 6.32. The largest absolute Gasteiger partial charge is 0.492 e. The number of fused-ring (bicyclic) bond motifs is 3. The number of carbonyl (C=O) groups is 1. The van der Waals surface area contributed by atoms with Gasteiger partial charge in [-0.25, -0.2) is 0 Å². The monoisotopic (exact) mass is 453 g/mol. The summed E-state index contributed by atoms with van der Waals surface area (Å²) in [7, 11) is 1.64. The first-order chi connectivity index (χ1) is 15.4. The second-order valence-corrected chi connectivity index (χ2v) is 8.11. The average Bonchev–Trinajstić information content (AvgIpc) is 2.76. The molecule has 2 heterocycles. The average molecular weight is 454 g/mol. The lowest BCUT2D eigenvalue weighted by Gasteiger charge is -2.32. The van der Waals surface area contributed by atoms with Gasteiger partial charge < -0.3 is 18.8 Å². The Labute approximate surface area is 191 Å². The summed E-state index contributed by atoms with van der Waals surface area (Å²) in [4.78, 5) is 24.7. The zero-order valence-electron chi connectivity index (χ0n) is 18.2. The molecule has 0 amide bonds. The predicted molar refractivity (Wildman–Crippen MR) is 123 cm³/mol. The van der Waals surface area contributed by atoms with Crippen LogP contribution in [-0.2, 0) is 4.74 Å². The first-order valence-electron chi connectivity index (χ1n) is 10.4. The maximum absolute atomic E-state index is 12.7. The number of ether oxygens (including phenoxy) is 3. The van der Waals surface area contributed by atoms with Crippen LogP contribution in [0.1, 0.15) is 41.1 Å². The highest BCUT2D eigenvalue weighted by Gasteiger charge is 2.30. The summed E-state index contributed by atoms with van der Waals surface area (Å²) in [5, 5.41) is 0.411. The third-order valence-corrected chi connectivity index (χ3v) is 5.76. The Kier molecular flexibility index (Phi) is 6.35. The van der Waals surface area contributed by atoms with Gasteiger partial charge in [-0.15, -0.1) is 0 Å². The zero-order chi connectivity index (χ0) is 22.8. The summed E-state index contributed by atoms with van der Waals surface area (Å²) < 4.78 is 19.1. The summed E-state index contributed by atoms with van der Waals surface area (Å²) in [5.74, 6) is 0.762. The summed E-state index contributed by atoms with van der Waals surface area (Å²) in [6.45, 7) is 4.41. The topological polar surface area (TPSA) is 66.8 Å². The lowest BCUT2D eigenvalue weighted by atomic mass is 10.0. The smallest absolute Gasteiger partial charge is 0.202 e. The molecule has 7 heteroatoms. The maximum atomic E-state index is 12.7. The molecule has 0 N–H and O–H groups in total. The normalized spacial score (nSPS) is 14.3. The Balaban J connectivity index is 1.86. The molecular weight excluding hydrogens is 430 g/mol. The number of aromatic nitrogens is 1. The van der Waals surface area contributed by atoms with Gasteiger partial charge in [-0.1, -0.05) is 35.9 Å². The van der Waals surface area contributed by atoms with Crippen molar-refractivity contribution >= 4 is 17.4 Å². The number of Topliss-reactive ketones (excluding diaryl/α,β-unsaturated/α-hetero) is 1. The van der Waals surface area contributed by atoms with Crippen molar-refractivity contribution in [1.29, 1.82) is 0 Å². The molecule has 0 radical (unpaired) electrons. The highest BCUT2D eigenvalue weighted by atomic mass is 35.5. The van der Waals surface area contributed by atoms with Gasteiger partial charge in [-0.2, -0.15) is 0 Å². The molecule has 6 nitrogen and oxygen atoms in total. The number of aryl methyl sites for hydroxylation is 1. The van der Waals surface area contributed by atoms with E-state index >= 15 is 0 Å². The van der Waals surface area contributed by atoms with E-state index in [2.05, 4.69) is 0 Å². The zero-order valence-corrected chi connectivity index (χ0v) is 18.9. The molecule has 0 aliphatic carbocycles. The number of ketones is 1. The fraction of sp³-hybridized carbons (Fsp3) is 0.280. The quantitative estimate of drug-likeness (QED) is 0.370. The summed E-state index contributed by atoms with van der Waals surface area (Å²) in [6, 6.07) is 12.8. The Bertz CT molecular complexity index is 1230. The minimum Gasteiger partial charge on any atom is -0.492 e. The second-order valence-electron chi connectivity index (χ2n) is 7.70. The fourth-order valence-electron chi connectivity index (χ4n) is 3.81. The number of halogens is 1. The number of hydrogen-bond acceptors (Lipinski definition) is 5. The van der Waals surface area contributed by atoms with Crippen LogP contribution in [0, 0.1) is 6.92 Å². The van der Waals surface area contributed by atoms with Gasteiger partial charge in [-0.3, -0.25) is 9.59 Å². The minimum atomic E-state index is -0.556. The van der Waals surface area contributed by atoms with E-state index in [4.69, 9.17) is 25.8 Å². The Morgan fingerprint density at radius 1 is 1.19 bits per heavy atom. The molecule has 2 aromatic carbocycles. The van der Waals surface area contributed by atoms with Crippen LogP contribution in [0.25, 0.3) is 11.3 Å². The van der Waals surface area contributed by atoms with Crippen LogP contribution in [0.2, 0.25) is 5.02 Å². The lowest BCUT2D eigenvalue weighted by Crippen LogP contribution is -2.27. The number of hydrogen-bond donors (Lipinski definition) is 0. The molecule has 0 saturated heterocycles. The summed E-state index contributed by atoms with van der Waals surface area (Å²) in [6.07, 6.45) is 1.74. The standard InChI is InChI=1S/C25H24ClNO5/c1-15-7-4-5-8-17(15)25-27-14-19(16(2)28)22(29)12-21(27)18-11-20(26)24(13-23(18)32-25)31-10-6-9-30-3/h4-5,7-8,11-14,25H,6,9-10H2,1-3H3. The molecule has 1 unspecified atom stereocenters. The molecule has 0 fully saturated rings. The minimum absolute atomic E-state index is 0.114. The third-order valence-electron chi connectivity index (χ3n) is 5.47. The van der Waals surface area contributed by atoms with Crippen LogP contribution in [0.4, 0.5) is 0 Å². The van der Waals surface area contributed by atoms with Crippen LogP contribution >= 0.6 is 11.6 Å². The van der Waals surface area contributed by atoms with Crippen LogP contribution in [-0.4, -0.2) is 30.7 Å². The van der Waals surface area contributed by atoms with Crippen molar-refractivity contribution in [3.05, 3.63) is 80.6 Å². The summed E-state index contributed by atoms with van der Waals surface area (Å²) >= 11 is 6.49. The van der Waals surface area contributed by atoms with Gasteiger partial charge >= 0.3 is 0 Å². The molecule has 3 aromatic rings. The van der Waals surface area contributed by atoms with Gasteiger partial charge in [0.2, 0.25) is 6.23 Å². The Morgan fingerprint density at radius 2 is 1.97 bits per heavy atom. The lowest BCUT2D eigenvalue weighted by molar-refractivity contribution is 0.101. The molecule has 1 aliphatic heterocycles. The van der Waals surface area contributed by atoms with Gasteiger partial charge in [0, 0.05) is 49.6 Å². The number of methoxy groups -OCH3 is 1. The molecule has 1 aliphatic rings. The molecular formula is C25H24ClNO5. The molecule has 1 aromatic heterocycles. The van der Waals surface area contributed by atoms with Crippen molar-refractivity contribution < 1.29 is 19.0 Å². The number of pyridine rings is 1. The van der Waals surface area contributed by atoms with Crippen molar-refractivity contribution in [1.82, 2.24) is 4.57 Å². The van der Waals surface area contributed by atoms with Gasteiger partial charge in [-0.05, 0) is 25.5 Å². The van der Waals surface area contributed by atoms with Crippen LogP contribution in [0.5, 0.6) is 11.5 Å². The van der Waals surface area contributed by atoms with Gasteiger partial charge in [0.25, 0.3) is 0 Å². The van der Waals surface area contributed by atoms with E-state index in [0.29, 0.717) is 41.0 Å². The van der Waals surface area contributed by atoms with E-state index in [1.165, 1.54) is 13.0 Å². The molecule has 4 rings (SSSR count). The van der Waals surface area contributed by atoms with Gasteiger partial charge in [0.1, 0.15) is 11.5 Å². The number of nitrogens with zero attached hydrogens (tertiary/aromatic N) is 1. The van der Waals surface area contributed by atoms with Crippen molar-refractivity contribution in [2.45, 2.75) is 26.5 Å². The molecule has 0 spiro atoms. The van der Waals surface area contributed by atoms with Crippen LogP contribution in [0.3, 0.4) is 0 Å². The first-order valence-corrected chi connectivity index (χ1v) is 10.7. The maximum Gasteiger partial charge on any atom is 0.202 e. The van der Waals surface area contributed by atoms with Crippen molar-refractivity contribution in [3.8, 4) is 22.8 Å². The van der Waals surface area contributed by atoms with E-state index in [0.717, 1.165) is 17.5 Å². The second kappa shape index (κ2) is 9.18. The van der Waals surface area contributed by atoms with E-state index < -0.39 is 6.23 Å². The van der Waals surface area contributed by atoms with E-state index in [9.17, 15) is 9.59 Å². The number of rotatable bonds is 7. The fourth-order valence-corrected chi connectivity index (χ4v) is 4.02. The molecule has 32 heavy (non-hydrogen) atoms. The van der Waals surface area contributed by atoms with E-state index in [-0.39, 0.29) is 16.8 Å². The van der Waals surface area contributed by atoms with E-state index in [1.54, 1.807) is 25.4 Å². The van der Waals surface area contributed by atoms with Crippen LogP contribution in [0.15, 0.2) is 53.5 Å². The molecule has 166 valence electrons. The van der Waals surface area contributed by atoms with Gasteiger partial charge in [0.15, 0.2) is 11.2 Å². The van der Waals surface area contributed by atoms with Crippen molar-refractivity contribution in [3.63, 3.8) is 0 Å². The number of carbonyl (C=O) groups excluding carboxylic acids is 1. The molecule has 0 saturated carbocycles. The molecule has 1 atom stereocenters.